The number of terminal acetylenes is 1. The van der Waals surface area contributed by atoms with Crippen LogP contribution in [0.15, 0.2) is 11.0 Å². The van der Waals surface area contributed by atoms with Gasteiger partial charge in [0, 0.05) is 0 Å². The van der Waals surface area contributed by atoms with E-state index in [1.54, 1.807) is 5.92 Å². The second kappa shape index (κ2) is 9.24. The maximum absolute atomic E-state index is 14.7. The maximum atomic E-state index is 14.7. The SMILES string of the molecule is C#C[C@@]1(O)C(F)[C@@H](COP(=O)(O)OP(=O)(O)OP(=O)(O)O)O[C@H]1n1cc(F)c(=S)[nH]c1=O. The molecule has 1 aromatic heterocycles. The summed E-state index contributed by atoms with van der Waals surface area (Å²) in [5.74, 6) is 0.443. The lowest BCUT2D eigenvalue weighted by Gasteiger charge is -2.25. The van der Waals surface area contributed by atoms with Gasteiger partial charge in [0.1, 0.15) is 10.7 Å². The second-order valence-corrected chi connectivity index (χ2v) is 10.8. The highest BCUT2D eigenvalue weighted by atomic mass is 32.1. The van der Waals surface area contributed by atoms with E-state index in [1.165, 1.54) is 0 Å². The molecule has 0 radical (unpaired) electrons. The van der Waals surface area contributed by atoms with E-state index in [1.807, 2.05) is 4.98 Å². The molecule has 1 aromatic rings. The first-order valence-corrected chi connectivity index (χ1v) is 12.6. The summed E-state index contributed by atoms with van der Waals surface area (Å²) in [5.41, 5.74) is -4.10. The molecule has 6 N–H and O–H groups in total. The summed E-state index contributed by atoms with van der Waals surface area (Å²) in [6.45, 7) is -1.33. The van der Waals surface area contributed by atoms with Crippen LogP contribution in [-0.2, 0) is 31.6 Å². The molecule has 2 heterocycles. The first-order chi connectivity index (χ1) is 14.4. The molecule has 32 heavy (non-hydrogen) atoms. The normalized spacial score (nSPS) is 29.8. The number of hydrogen-bond acceptors (Lipinski definition) is 10. The molecule has 15 nitrogen and oxygen atoms in total. The third-order valence-corrected chi connectivity index (χ3v) is 7.75. The summed E-state index contributed by atoms with van der Waals surface area (Å²) in [4.78, 5) is 49.3. The topological polar surface area (TPSA) is 227 Å². The van der Waals surface area contributed by atoms with E-state index in [0.29, 0.717) is 10.8 Å². The Balaban J connectivity index is 2.23. The smallest absolute Gasteiger partial charge is 0.371 e. The van der Waals surface area contributed by atoms with Crippen molar-refractivity contribution in [1.29, 1.82) is 0 Å². The van der Waals surface area contributed by atoms with E-state index >= 15 is 0 Å². The fourth-order valence-corrected chi connectivity index (χ4v) is 5.59. The quantitative estimate of drug-likeness (QED) is 0.144. The van der Waals surface area contributed by atoms with Crippen molar-refractivity contribution >= 4 is 35.7 Å². The predicted octanol–water partition coefficient (Wildman–Crippen LogP) is -0.0119. The molecule has 1 saturated heterocycles. The molecule has 1 aliphatic rings. The van der Waals surface area contributed by atoms with Crippen molar-refractivity contribution < 1.29 is 65.0 Å². The zero-order chi connectivity index (χ0) is 24.7. The monoisotopic (exact) mass is 544 g/mol. The number of hydrogen-bond donors (Lipinski definition) is 6. The van der Waals surface area contributed by atoms with Gasteiger partial charge in [-0.1, -0.05) is 18.1 Å². The molecule has 1 aliphatic heterocycles. The Hall–Kier alpha value is -1.15. The number of H-pyrrole nitrogens is 1. The van der Waals surface area contributed by atoms with Crippen LogP contribution in [0.25, 0.3) is 0 Å². The molecule has 0 aromatic carbocycles. The van der Waals surface area contributed by atoms with E-state index < -0.39 is 70.3 Å². The number of nitrogens with one attached hydrogen (secondary N) is 1. The van der Waals surface area contributed by atoms with Gasteiger partial charge in [-0.25, -0.2) is 27.3 Å². The summed E-state index contributed by atoms with van der Waals surface area (Å²) in [5, 5.41) is 10.4. The van der Waals surface area contributed by atoms with Crippen LogP contribution >= 0.6 is 35.7 Å². The molecule has 0 aliphatic carbocycles. The highest BCUT2D eigenvalue weighted by molar-refractivity contribution is 7.71. The fraction of sp³-hybridized carbons (Fsp3) is 0.455. The Morgan fingerprint density at radius 2 is 1.88 bits per heavy atom. The van der Waals surface area contributed by atoms with Crippen molar-refractivity contribution in [2.75, 3.05) is 6.61 Å². The average Bonchev–Trinajstić information content (AvgIpc) is 2.85. The average molecular weight is 544 g/mol. The van der Waals surface area contributed by atoms with Crippen molar-refractivity contribution in [2.24, 2.45) is 0 Å². The zero-order valence-corrected chi connectivity index (χ0v) is 18.5. The Bertz CT molecular complexity index is 1190. The number of phosphoric acid groups is 3. The van der Waals surface area contributed by atoms with Crippen LogP contribution < -0.4 is 5.69 Å². The first-order valence-electron chi connectivity index (χ1n) is 7.70. The molecule has 0 spiro atoms. The number of rotatable bonds is 8. The number of aromatic nitrogens is 2. The van der Waals surface area contributed by atoms with E-state index in [0.717, 1.165) is 0 Å². The minimum absolute atomic E-state index is 0.322. The van der Waals surface area contributed by atoms with Gasteiger partial charge in [-0.05, 0) is 0 Å². The predicted molar refractivity (Wildman–Crippen MR) is 98.3 cm³/mol. The van der Waals surface area contributed by atoms with E-state index in [9.17, 15) is 37.3 Å². The lowest BCUT2D eigenvalue weighted by atomic mass is 9.96. The van der Waals surface area contributed by atoms with Gasteiger partial charge in [0.25, 0.3) is 0 Å². The van der Waals surface area contributed by atoms with Gasteiger partial charge in [0.2, 0.25) is 5.60 Å². The van der Waals surface area contributed by atoms with Crippen LogP contribution in [0.4, 0.5) is 8.78 Å². The zero-order valence-electron chi connectivity index (χ0n) is 15.0. The Labute approximate surface area is 181 Å². The van der Waals surface area contributed by atoms with Gasteiger partial charge < -0.3 is 29.4 Å². The molecule has 3 unspecified atom stereocenters. The van der Waals surface area contributed by atoms with Crippen LogP contribution in [0.3, 0.4) is 0 Å². The summed E-state index contributed by atoms with van der Waals surface area (Å²) in [7, 11) is -17.1. The van der Waals surface area contributed by atoms with Gasteiger partial charge in [0.15, 0.2) is 18.2 Å². The molecule has 21 heteroatoms. The number of halogens is 2. The van der Waals surface area contributed by atoms with Crippen molar-refractivity contribution in [3.8, 4) is 12.3 Å². The summed E-state index contributed by atoms with van der Waals surface area (Å²) < 4.78 is 78.0. The molecule has 0 amide bonds. The first kappa shape index (κ1) is 27.1. The van der Waals surface area contributed by atoms with E-state index in [-0.39, 0.29) is 0 Å². The van der Waals surface area contributed by atoms with Crippen LogP contribution in [0.1, 0.15) is 6.23 Å². The Kier molecular flexibility index (Phi) is 7.83. The van der Waals surface area contributed by atoms with Crippen LogP contribution in [0, 0.1) is 22.8 Å². The lowest BCUT2D eigenvalue weighted by Crippen LogP contribution is -2.45. The maximum Gasteiger partial charge on any atom is 0.490 e. The summed E-state index contributed by atoms with van der Waals surface area (Å²) in [6, 6.07) is 0. The van der Waals surface area contributed by atoms with Crippen LogP contribution in [0.5, 0.6) is 0 Å². The molecular formula is C11H13F2N2O13P3S. The summed E-state index contributed by atoms with van der Waals surface area (Å²) >= 11 is 4.51. The number of aliphatic hydroxyl groups is 1. The van der Waals surface area contributed by atoms with Crippen LogP contribution in [0.2, 0.25) is 0 Å². The molecule has 0 bridgehead atoms. The fourth-order valence-electron chi connectivity index (χ4n) is 2.42. The number of aromatic amines is 1. The highest BCUT2D eigenvalue weighted by Crippen LogP contribution is 2.66. The van der Waals surface area contributed by atoms with Gasteiger partial charge in [-0.15, -0.1) is 6.42 Å². The van der Waals surface area contributed by atoms with Gasteiger partial charge in [-0.2, -0.15) is 8.62 Å². The van der Waals surface area contributed by atoms with Gasteiger partial charge in [0.05, 0.1) is 12.8 Å². The van der Waals surface area contributed by atoms with Gasteiger partial charge >= 0.3 is 29.2 Å². The number of ether oxygens (including phenoxy) is 1. The molecule has 180 valence electrons. The highest BCUT2D eigenvalue weighted by Gasteiger charge is 2.58. The molecule has 6 atom stereocenters. The number of nitrogens with zero attached hydrogens (tertiary/aromatic N) is 1. The van der Waals surface area contributed by atoms with Gasteiger partial charge in [-0.3, -0.25) is 14.1 Å². The van der Waals surface area contributed by atoms with Crippen molar-refractivity contribution in [3.63, 3.8) is 0 Å². The van der Waals surface area contributed by atoms with Crippen molar-refractivity contribution in [1.82, 2.24) is 9.55 Å². The van der Waals surface area contributed by atoms with E-state index in [4.69, 9.17) is 25.8 Å². The number of alkyl halides is 1. The Morgan fingerprint density at radius 1 is 1.28 bits per heavy atom. The second-order valence-electron chi connectivity index (χ2n) is 5.93. The van der Waals surface area contributed by atoms with Crippen molar-refractivity contribution in [3.05, 3.63) is 27.1 Å². The standard InChI is InChI=1S/C11H13F2N2O13P3S/c1-2-11(17)7(13)6(26-9(11)15-3-5(12)8(32)14-10(15)16)4-25-30(21,22)28-31(23,24)27-29(18,19)20/h1,3,6-7,9,17H,4H2,(H,21,22)(H,23,24)(H,14,16,32)(H2,18,19,20)/t6-,7?,9-,11-/m1/s1. The third kappa shape index (κ3) is 6.25. The molecule has 0 saturated carbocycles. The molecule has 2 rings (SSSR count). The minimum atomic E-state index is -5.84. The largest absolute Gasteiger partial charge is 0.490 e. The summed E-state index contributed by atoms with van der Waals surface area (Å²) in [6.07, 6.45) is -1.22. The third-order valence-electron chi connectivity index (χ3n) is 3.65. The molecule has 1 fully saturated rings. The number of phosphoric ester groups is 1. The Morgan fingerprint density at radius 3 is 2.41 bits per heavy atom. The molecular weight excluding hydrogens is 531 g/mol. The lowest BCUT2D eigenvalue weighted by molar-refractivity contribution is -0.0748. The van der Waals surface area contributed by atoms with Crippen LogP contribution in [-0.4, -0.2) is 58.7 Å². The van der Waals surface area contributed by atoms with Crippen molar-refractivity contribution in [2.45, 2.75) is 24.1 Å². The van der Waals surface area contributed by atoms with E-state index in [2.05, 4.69) is 25.4 Å². The minimum Gasteiger partial charge on any atom is -0.371 e.